The number of carbonyl (C=O) groups is 1. The van der Waals surface area contributed by atoms with Crippen molar-refractivity contribution in [2.45, 2.75) is 46.5 Å². The molecule has 0 spiro atoms. The van der Waals surface area contributed by atoms with E-state index in [4.69, 9.17) is 11.6 Å². The first-order valence-electron chi connectivity index (χ1n) is 9.74. The summed E-state index contributed by atoms with van der Waals surface area (Å²) in [5.74, 6) is -0.336. The summed E-state index contributed by atoms with van der Waals surface area (Å²) in [6, 6.07) is 6.63. The fourth-order valence-corrected chi connectivity index (χ4v) is 5.24. The number of fused-ring (bicyclic) bond motifs is 1. The number of halogens is 2. The first-order chi connectivity index (χ1) is 13.8. The van der Waals surface area contributed by atoms with Gasteiger partial charge in [0.1, 0.15) is 16.9 Å². The molecule has 3 nitrogen and oxygen atoms in total. The number of benzene rings is 1. The zero-order valence-corrected chi connectivity index (χ0v) is 18.4. The van der Waals surface area contributed by atoms with Crippen molar-refractivity contribution in [3.63, 3.8) is 0 Å². The molecule has 0 radical (unpaired) electrons. The molecular weight excluding hydrogens is 407 g/mol. The third kappa shape index (κ3) is 4.55. The lowest BCUT2D eigenvalue weighted by atomic mass is 9.69. The lowest BCUT2D eigenvalue weighted by molar-refractivity contribution is -0.111. The highest BCUT2D eigenvalue weighted by molar-refractivity contribution is 7.16. The molecule has 0 aliphatic heterocycles. The Balaban J connectivity index is 1.80. The number of nitriles is 1. The molecule has 0 bridgehead atoms. The van der Waals surface area contributed by atoms with Gasteiger partial charge in [-0.25, -0.2) is 4.39 Å². The van der Waals surface area contributed by atoms with Gasteiger partial charge in [0.15, 0.2) is 0 Å². The molecule has 0 saturated heterocycles. The van der Waals surface area contributed by atoms with Crippen LogP contribution in [-0.4, -0.2) is 5.91 Å². The molecule has 1 aromatic carbocycles. The Morgan fingerprint density at radius 1 is 1.48 bits per heavy atom. The van der Waals surface area contributed by atoms with Crippen molar-refractivity contribution in [2.75, 3.05) is 5.32 Å². The summed E-state index contributed by atoms with van der Waals surface area (Å²) in [4.78, 5) is 13.6. The summed E-state index contributed by atoms with van der Waals surface area (Å²) in [7, 11) is 0. The van der Waals surface area contributed by atoms with Gasteiger partial charge >= 0.3 is 0 Å². The second-order valence-electron chi connectivity index (χ2n) is 8.06. The standard InChI is InChI=1S/C23H24ClFN2OS/c1-4-23(2,3)14-8-9-15-17(13-26)22(29-20(15)12-14)27-21(28)11-10-16-18(24)6-5-7-19(16)25/h5-7,10-11,14H,4,8-9,12H2,1-3H3,(H,27,28). The van der Waals surface area contributed by atoms with Crippen molar-refractivity contribution in [2.24, 2.45) is 11.3 Å². The normalized spacial score (nSPS) is 16.5. The quantitative estimate of drug-likeness (QED) is 0.543. The monoisotopic (exact) mass is 430 g/mol. The summed E-state index contributed by atoms with van der Waals surface area (Å²) >= 11 is 7.47. The van der Waals surface area contributed by atoms with E-state index in [-0.39, 0.29) is 16.0 Å². The number of carbonyl (C=O) groups excluding carboxylic acids is 1. The molecule has 1 amide bonds. The number of rotatable bonds is 5. The number of nitrogens with zero attached hydrogens (tertiary/aromatic N) is 1. The maximum absolute atomic E-state index is 13.9. The number of nitrogens with one attached hydrogen (secondary N) is 1. The van der Waals surface area contributed by atoms with E-state index in [9.17, 15) is 14.4 Å². The number of hydrogen-bond acceptors (Lipinski definition) is 3. The number of anilines is 1. The molecular formula is C23H24ClFN2OS. The fourth-order valence-electron chi connectivity index (χ4n) is 3.73. The van der Waals surface area contributed by atoms with Crippen molar-refractivity contribution < 1.29 is 9.18 Å². The van der Waals surface area contributed by atoms with Crippen LogP contribution in [0.25, 0.3) is 6.08 Å². The van der Waals surface area contributed by atoms with Crippen LogP contribution in [0.2, 0.25) is 5.02 Å². The first-order valence-corrected chi connectivity index (χ1v) is 10.9. The summed E-state index contributed by atoms with van der Waals surface area (Å²) in [6.07, 6.45) is 6.56. The van der Waals surface area contributed by atoms with Gasteiger partial charge in [-0.05, 0) is 54.4 Å². The molecule has 29 heavy (non-hydrogen) atoms. The van der Waals surface area contributed by atoms with Gasteiger partial charge in [-0.1, -0.05) is 44.9 Å². The molecule has 3 rings (SSSR count). The van der Waals surface area contributed by atoms with Crippen LogP contribution in [0.5, 0.6) is 0 Å². The van der Waals surface area contributed by atoms with Gasteiger partial charge in [-0.15, -0.1) is 11.3 Å². The lowest BCUT2D eigenvalue weighted by Crippen LogP contribution is -2.28. The van der Waals surface area contributed by atoms with Gasteiger partial charge in [0, 0.05) is 16.5 Å². The van der Waals surface area contributed by atoms with Crippen LogP contribution < -0.4 is 5.32 Å². The molecule has 1 aliphatic rings. The Bertz CT molecular complexity index is 983. The molecule has 1 aliphatic carbocycles. The molecule has 1 atom stereocenters. The van der Waals surface area contributed by atoms with E-state index in [1.165, 1.54) is 40.5 Å². The first kappa shape index (κ1) is 21.5. The Labute approximate surface area is 180 Å². The molecule has 1 N–H and O–H groups in total. The minimum absolute atomic E-state index is 0.167. The van der Waals surface area contributed by atoms with Crippen LogP contribution in [0.3, 0.4) is 0 Å². The van der Waals surface area contributed by atoms with Crippen molar-refractivity contribution in [3.8, 4) is 6.07 Å². The van der Waals surface area contributed by atoms with Crippen LogP contribution in [0, 0.1) is 28.5 Å². The largest absolute Gasteiger partial charge is 0.313 e. The molecule has 1 heterocycles. The smallest absolute Gasteiger partial charge is 0.249 e. The van der Waals surface area contributed by atoms with E-state index < -0.39 is 11.7 Å². The topological polar surface area (TPSA) is 52.9 Å². The Kier molecular flexibility index (Phi) is 6.45. The highest BCUT2D eigenvalue weighted by Gasteiger charge is 2.34. The Morgan fingerprint density at radius 3 is 2.90 bits per heavy atom. The third-order valence-corrected chi connectivity index (χ3v) is 7.53. The molecule has 6 heteroatoms. The summed E-state index contributed by atoms with van der Waals surface area (Å²) in [5.41, 5.74) is 2.04. The highest BCUT2D eigenvalue weighted by Crippen LogP contribution is 2.45. The fraction of sp³-hybridized carbons (Fsp3) is 0.391. The predicted molar refractivity (Wildman–Crippen MR) is 118 cm³/mol. The van der Waals surface area contributed by atoms with Crippen LogP contribution in [0.1, 0.15) is 55.2 Å². The summed E-state index contributed by atoms with van der Waals surface area (Å²) in [5, 5.41) is 13.3. The SMILES string of the molecule is CCC(C)(C)C1CCc2c(sc(NC(=O)C=Cc3c(F)cccc3Cl)c2C#N)C1. The van der Waals surface area contributed by atoms with Gasteiger partial charge in [0.2, 0.25) is 5.91 Å². The number of amides is 1. The molecule has 2 aromatic rings. The molecule has 0 saturated carbocycles. The van der Waals surface area contributed by atoms with Gasteiger partial charge in [0.05, 0.1) is 10.6 Å². The maximum Gasteiger partial charge on any atom is 0.249 e. The minimum Gasteiger partial charge on any atom is -0.313 e. The van der Waals surface area contributed by atoms with Crippen LogP contribution in [0.4, 0.5) is 9.39 Å². The summed E-state index contributed by atoms with van der Waals surface area (Å²) in [6.45, 7) is 6.80. The number of hydrogen-bond donors (Lipinski definition) is 1. The van der Waals surface area contributed by atoms with E-state index in [0.717, 1.165) is 31.2 Å². The zero-order valence-electron chi connectivity index (χ0n) is 16.8. The van der Waals surface area contributed by atoms with E-state index in [2.05, 4.69) is 32.2 Å². The van der Waals surface area contributed by atoms with Crippen LogP contribution in [-0.2, 0) is 17.6 Å². The Morgan fingerprint density at radius 2 is 2.24 bits per heavy atom. The number of thiophene rings is 1. The van der Waals surface area contributed by atoms with Gasteiger partial charge < -0.3 is 5.32 Å². The van der Waals surface area contributed by atoms with Crippen molar-refractivity contribution in [1.82, 2.24) is 0 Å². The second kappa shape index (κ2) is 8.69. The van der Waals surface area contributed by atoms with E-state index >= 15 is 0 Å². The molecule has 1 unspecified atom stereocenters. The average Bonchev–Trinajstić information content (AvgIpc) is 3.03. The van der Waals surface area contributed by atoms with Gasteiger partial charge in [-0.3, -0.25) is 4.79 Å². The zero-order chi connectivity index (χ0) is 21.2. The van der Waals surface area contributed by atoms with E-state index in [0.29, 0.717) is 16.5 Å². The van der Waals surface area contributed by atoms with Crippen LogP contribution >= 0.6 is 22.9 Å². The van der Waals surface area contributed by atoms with Gasteiger partial charge in [0.25, 0.3) is 0 Å². The average molecular weight is 431 g/mol. The highest BCUT2D eigenvalue weighted by atomic mass is 35.5. The van der Waals surface area contributed by atoms with Crippen LogP contribution in [0.15, 0.2) is 24.3 Å². The Hall–Kier alpha value is -2.16. The summed E-state index contributed by atoms with van der Waals surface area (Å²) < 4.78 is 13.9. The van der Waals surface area contributed by atoms with Crippen molar-refractivity contribution >= 4 is 39.9 Å². The maximum atomic E-state index is 13.9. The molecule has 152 valence electrons. The minimum atomic E-state index is -0.490. The third-order valence-electron chi connectivity index (χ3n) is 6.03. The molecule has 1 aromatic heterocycles. The molecule has 0 fully saturated rings. The predicted octanol–water partition coefficient (Wildman–Crippen LogP) is 6.61. The van der Waals surface area contributed by atoms with E-state index in [1.807, 2.05) is 0 Å². The van der Waals surface area contributed by atoms with Crippen molar-refractivity contribution in [3.05, 3.63) is 56.7 Å². The van der Waals surface area contributed by atoms with E-state index in [1.54, 1.807) is 6.07 Å². The lowest BCUT2D eigenvalue weighted by Gasteiger charge is -2.36. The van der Waals surface area contributed by atoms with Crippen molar-refractivity contribution in [1.29, 1.82) is 5.26 Å². The van der Waals surface area contributed by atoms with Gasteiger partial charge in [-0.2, -0.15) is 5.26 Å². The second-order valence-corrected chi connectivity index (χ2v) is 9.57.